The summed E-state index contributed by atoms with van der Waals surface area (Å²) in [6, 6.07) is 13.0. The lowest BCUT2D eigenvalue weighted by molar-refractivity contribution is -0.122. The summed E-state index contributed by atoms with van der Waals surface area (Å²) in [7, 11) is 0. The molecule has 0 unspecified atom stereocenters. The Kier molecular flexibility index (Phi) is 2.76. The van der Waals surface area contributed by atoms with E-state index in [2.05, 4.69) is 5.32 Å². The molecule has 1 saturated heterocycles. The van der Waals surface area contributed by atoms with Crippen molar-refractivity contribution in [1.29, 1.82) is 0 Å². The SMILES string of the molecule is O=C1CNC(=S)N1C(=O)c1cccc2ccccc12. The van der Waals surface area contributed by atoms with Gasteiger partial charge in [-0.25, -0.2) is 4.90 Å². The van der Waals surface area contributed by atoms with Crippen molar-refractivity contribution in [2.75, 3.05) is 6.54 Å². The van der Waals surface area contributed by atoms with Gasteiger partial charge in [0.2, 0.25) is 0 Å². The molecule has 0 saturated carbocycles. The van der Waals surface area contributed by atoms with E-state index < -0.39 is 0 Å². The van der Waals surface area contributed by atoms with Gasteiger partial charge in [-0.1, -0.05) is 36.4 Å². The van der Waals surface area contributed by atoms with E-state index in [-0.39, 0.29) is 23.5 Å². The summed E-state index contributed by atoms with van der Waals surface area (Å²) in [5, 5.41) is 4.65. The van der Waals surface area contributed by atoms with Gasteiger partial charge in [0.15, 0.2) is 5.11 Å². The van der Waals surface area contributed by atoms with Gasteiger partial charge in [0.05, 0.1) is 6.54 Å². The van der Waals surface area contributed by atoms with Crippen molar-refractivity contribution in [1.82, 2.24) is 10.2 Å². The third-order valence-corrected chi connectivity index (χ3v) is 3.39. The van der Waals surface area contributed by atoms with Gasteiger partial charge in [0, 0.05) is 5.56 Å². The maximum atomic E-state index is 12.5. The topological polar surface area (TPSA) is 49.4 Å². The summed E-state index contributed by atoms with van der Waals surface area (Å²) < 4.78 is 0. The number of amides is 2. The Bertz CT molecular complexity index is 690. The van der Waals surface area contributed by atoms with Gasteiger partial charge in [-0.3, -0.25) is 9.59 Å². The first kappa shape index (κ1) is 11.8. The number of fused-ring (bicyclic) bond motifs is 1. The van der Waals surface area contributed by atoms with Crippen LogP contribution in [0.25, 0.3) is 10.8 Å². The zero-order chi connectivity index (χ0) is 13.4. The predicted octanol–water partition coefficient (Wildman–Crippen LogP) is 1.70. The number of imide groups is 1. The molecule has 0 bridgehead atoms. The zero-order valence-electron chi connectivity index (χ0n) is 9.92. The zero-order valence-corrected chi connectivity index (χ0v) is 10.7. The van der Waals surface area contributed by atoms with Crippen molar-refractivity contribution < 1.29 is 9.59 Å². The van der Waals surface area contributed by atoms with Gasteiger partial charge >= 0.3 is 0 Å². The van der Waals surface area contributed by atoms with E-state index in [1.54, 1.807) is 12.1 Å². The molecule has 1 aliphatic heterocycles. The van der Waals surface area contributed by atoms with Crippen molar-refractivity contribution in [2.45, 2.75) is 0 Å². The first-order chi connectivity index (χ1) is 9.18. The minimum Gasteiger partial charge on any atom is -0.353 e. The Morgan fingerprint density at radius 3 is 2.63 bits per heavy atom. The van der Waals surface area contributed by atoms with Crippen molar-refractivity contribution >= 4 is 39.9 Å². The van der Waals surface area contributed by atoms with E-state index in [0.29, 0.717) is 5.56 Å². The van der Waals surface area contributed by atoms with Gasteiger partial charge in [-0.15, -0.1) is 0 Å². The Balaban J connectivity index is 2.12. The fourth-order valence-corrected chi connectivity index (χ4v) is 2.42. The molecule has 19 heavy (non-hydrogen) atoms. The molecule has 3 rings (SSSR count). The Hall–Kier alpha value is -2.27. The minimum absolute atomic E-state index is 0.0787. The van der Waals surface area contributed by atoms with Crippen LogP contribution in [0, 0.1) is 0 Å². The number of nitrogens with one attached hydrogen (secondary N) is 1. The number of thiocarbonyl (C=S) groups is 1. The molecular formula is C14H10N2O2S. The fraction of sp³-hybridized carbons (Fsp3) is 0.0714. The van der Waals surface area contributed by atoms with Gasteiger partial charge in [-0.2, -0.15) is 0 Å². The van der Waals surface area contributed by atoms with Crippen LogP contribution in [0.2, 0.25) is 0 Å². The number of carbonyl (C=O) groups is 2. The summed E-state index contributed by atoms with van der Waals surface area (Å²) in [5.74, 6) is -0.695. The molecule has 2 aromatic carbocycles. The third kappa shape index (κ3) is 1.88. The lowest BCUT2D eigenvalue weighted by Crippen LogP contribution is -2.36. The Labute approximate surface area is 115 Å². The molecule has 0 spiro atoms. The maximum Gasteiger partial charge on any atom is 0.267 e. The Morgan fingerprint density at radius 1 is 1.16 bits per heavy atom. The summed E-state index contributed by atoms with van der Waals surface area (Å²) in [5.41, 5.74) is 0.484. The molecule has 0 aromatic heterocycles. The molecule has 94 valence electrons. The largest absolute Gasteiger partial charge is 0.353 e. The highest BCUT2D eigenvalue weighted by Crippen LogP contribution is 2.20. The highest BCUT2D eigenvalue weighted by molar-refractivity contribution is 7.80. The smallest absolute Gasteiger partial charge is 0.267 e. The molecule has 1 fully saturated rings. The molecule has 1 aliphatic rings. The van der Waals surface area contributed by atoms with E-state index in [0.717, 1.165) is 15.7 Å². The molecule has 2 amide bonds. The van der Waals surface area contributed by atoms with Crippen LogP contribution in [0.5, 0.6) is 0 Å². The van der Waals surface area contributed by atoms with Crippen LogP contribution in [0.3, 0.4) is 0 Å². The van der Waals surface area contributed by atoms with Crippen molar-refractivity contribution in [3.63, 3.8) is 0 Å². The average Bonchev–Trinajstić information content (AvgIpc) is 2.77. The summed E-state index contributed by atoms with van der Waals surface area (Å²) >= 11 is 4.99. The summed E-state index contributed by atoms with van der Waals surface area (Å²) in [6.07, 6.45) is 0. The van der Waals surface area contributed by atoms with Crippen LogP contribution in [-0.4, -0.2) is 28.4 Å². The van der Waals surface area contributed by atoms with Crippen LogP contribution in [0.1, 0.15) is 10.4 Å². The molecule has 0 aliphatic carbocycles. The normalized spacial score (nSPS) is 14.8. The molecular weight excluding hydrogens is 260 g/mol. The molecule has 0 radical (unpaired) electrons. The van der Waals surface area contributed by atoms with Crippen molar-refractivity contribution in [2.24, 2.45) is 0 Å². The minimum atomic E-state index is -0.378. The second-order valence-corrected chi connectivity index (χ2v) is 4.61. The summed E-state index contributed by atoms with van der Waals surface area (Å²) in [4.78, 5) is 25.2. The second-order valence-electron chi connectivity index (χ2n) is 4.22. The Morgan fingerprint density at radius 2 is 1.89 bits per heavy atom. The van der Waals surface area contributed by atoms with Crippen LogP contribution in [0.15, 0.2) is 42.5 Å². The highest BCUT2D eigenvalue weighted by atomic mass is 32.1. The highest BCUT2D eigenvalue weighted by Gasteiger charge is 2.32. The lowest BCUT2D eigenvalue weighted by Gasteiger charge is -2.14. The second kappa shape index (κ2) is 4.44. The standard InChI is InChI=1S/C14H10N2O2S/c17-12-8-15-14(19)16(12)13(18)11-7-3-5-9-4-1-2-6-10(9)11/h1-7H,8H2,(H,15,19). The average molecular weight is 270 g/mol. The number of nitrogens with zero attached hydrogens (tertiary/aromatic N) is 1. The molecule has 2 aromatic rings. The van der Waals surface area contributed by atoms with Crippen molar-refractivity contribution in [3.8, 4) is 0 Å². The number of rotatable bonds is 1. The molecule has 1 N–H and O–H groups in total. The van der Waals surface area contributed by atoms with E-state index in [1.807, 2.05) is 30.3 Å². The predicted molar refractivity (Wildman–Crippen MR) is 75.7 cm³/mol. The van der Waals surface area contributed by atoms with Crippen LogP contribution in [0.4, 0.5) is 0 Å². The number of hydrogen-bond donors (Lipinski definition) is 1. The number of carbonyl (C=O) groups excluding carboxylic acids is 2. The van der Waals surface area contributed by atoms with E-state index in [4.69, 9.17) is 12.2 Å². The molecule has 5 heteroatoms. The van der Waals surface area contributed by atoms with Crippen LogP contribution in [-0.2, 0) is 4.79 Å². The molecule has 1 heterocycles. The first-order valence-electron chi connectivity index (χ1n) is 5.81. The third-order valence-electron chi connectivity index (χ3n) is 3.07. The molecule has 4 nitrogen and oxygen atoms in total. The summed E-state index contributed by atoms with van der Waals surface area (Å²) in [6.45, 7) is 0.0787. The first-order valence-corrected chi connectivity index (χ1v) is 6.22. The fourth-order valence-electron chi connectivity index (χ4n) is 2.16. The monoisotopic (exact) mass is 270 g/mol. The van der Waals surface area contributed by atoms with E-state index in [1.165, 1.54) is 0 Å². The number of benzene rings is 2. The van der Waals surface area contributed by atoms with Gasteiger partial charge in [0.25, 0.3) is 11.8 Å². The van der Waals surface area contributed by atoms with Crippen LogP contribution < -0.4 is 5.32 Å². The van der Waals surface area contributed by atoms with E-state index in [9.17, 15) is 9.59 Å². The maximum absolute atomic E-state index is 12.5. The van der Waals surface area contributed by atoms with Gasteiger partial charge < -0.3 is 5.32 Å². The molecule has 0 atom stereocenters. The van der Waals surface area contributed by atoms with E-state index >= 15 is 0 Å². The van der Waals surface area contributed by atoms with Crippen molar-refractivity contribution in [3.05, 3.63) is 48.0 Å². The van der Waals surface area contributed by atoms with Gasteiger partial charge in [0.1, 0.15) is 0 Å². The number of hydrogen-bond acceptors (Lipinski definition) is 3. The lowest BCUT2D eigenvalue weighted by atomic mass is 10.0. The quantitative estimate of drug-likeness (QED) is 0.633. The van der Waals surface area contributed by atoms with Gasteiger partial charge in [-0.05, 0) is 29.1 Å². The van der Waals surface area contributed by atoms with Crippen LogP contribution >= 0.6 is 12.2 Å².